The van der Waals surface area contributed by atoms with Crippen molar-refractivity contribution in [3.63, 3.8) is 0 Å². The van der Waals surface area contributed by atoms with E-state index in [2.05, 4.69) is 5.32 Å². The highest BCUT2D eigenvalue weighted by atomic mass is 35.5. The van der Waals surface area contributed by atoms with Gasteiger partial charge in [0.25, 0.3) is 0 Å². The molecule has 1 fully saturated rings. The van der Waals surface area contributed by atoms with Crippen molar-refractivity contribution in [3.8, 4) is 11.5 Å². The largest absolute Gasteiger partial charge is 0.506 e. The number of hydrogen-bond donors (Lipinski definition) is 2. The zero-order valence-corrected chi connectivity index (χ0v) is 15.2. The van der Waals surface area contributed by atoms with Crippen LogP contribution in [0.15, 0.2) is 36.4 Å². The lowest BCUT2D eigenvalue weighted by atomic mass is 10.1. The highest BCUT2D eigenvalue weighted by Gasteiger charge is 2.36. The first-order chi connectivity index (χ1) is 12.4. The molecule has 1 saturated heterocycles. The minimum absolute atomic E-state index is 0.0794. The third-order valence-corrected chi connectivity index (χ3v) is 4.57. The van der Waals surface area contributed by atoms with Crippen molar-refractivity contribution in [2.75, 3.05) is 23.9 Å². The van der Waals surface area contributed by atoms with Crippen LogP contribution in [-0.4, -0.2) is 30.6 Å². The Morgan fingerprint density at radius 1 is 1.31 bits per heavy atom. The molecular formula is C19H19ClN2O4. The first-order valence-corrected chi connectivity index (χ1v) is 8.51. The third kappa shape index (κ3) is 3.60. The van der Waals surface area contributed by atoms with Crippen LogP contribution in [0.2, 0.25) is 5.02 Å². The molecule has 7 heteroatoms. The van der Waals surface area contributed by atoms with Crippen LogP contribution in [0, 0.1) is 12.8 Å². The van der Waals surface area contributed by atoms with E-state index in [0.717, 1.165) is 5.56 Å². The van der Waals surface area contributed by atoms with Crippen LogP contribution in [0.5, 0.6) is 11.5 Å². The van der Waals surface area contributed by atoms with Gasteiger partial charge in [0.2, 0.25) is 11.8 Å². The zero-order chi connectivity index (χ0) is 18.8. The van der Waals surface area contributed by atoms with E-state index in [9.17, 15) is 14.7 Å². The second-order valence-corrected chi connectivity index (χ2v) is 6.67. The van der Waals surface area contributed by atoms with Crippen molar-refractivity contribution in [1.82, 2.24) is 0 Å². The lowest BCUT2D eigenvalue weighted by Gasteiger charge is -2.20. The van der Waals surface area contributed by atoms with E-state index in [1.54, 1.807) is 18.1 Å². The number of aryl methyl sites for hydroxylation is 1. The van der Waals surface area contributed by atoms with E-state index in [1.165, 1.54) is 18.2 Å². The standard InChI is InChI=1S/C19H19ClN2O4/c1-11-3-6-17(26-2)15(7-11)22-10-12(8-18(22)24)19(25)21-14-9-13(20)4-5-16(14)23/h3-7,9,12,23H,8,10H2,1-2H3,(H,21,25). The summed E-state index contributed by atoms with van der Waals surface area (Å²) in [6.07, 6.45) is 0.0876. The molecule has 136 valence electrons. The molecule has 6 nitrogen and oxygen atoms in total. The van der Waals surface area contributed by atoms with Gasteiger partial charge in [0.1, 0.15) is 11.5 Å². The number of methoxy groups -OCH3 is 1. The predicted molar refractivity (Wildman–Crippen MR) is 99.9 cm³/mol. The zero-order valence-electron chi connectivity index (χ0n) is 14.5. The molecule has 0 bridgehead atoms. The average molecular weight is 375 g/mol. The Morgan fingerprint density at radius 2 is 2.08 bits per heavy atom. The number of amides is 2. The van der Waals surface area contributed by atoms with Crippen molar-refractivity contribution in [3.05, 3.63) is 47.0 Å². The van der Waals surface area contributed by atoms with Gasteiger partial charge in [0.15, 0.2) is 0 Å². The van der Waals surface area contributed by atoms with Crippen molar-refractivity contribution in [2.45, 2.75) is 13.3 Å². The molecule has 1 atom stereocenters. The summed E-state index contributed by atoms with van der Waals surface area (Å²) in [5.74, 6) is -0.526. The summed E-state index contributed by atoms with van der Waals surface area (Å²) in [6, 6.07) is 9.95. The Balaban J connectivity index is 1.78. The van der Waals surface area contributed by atoms with Gasteiger partial charge in [-0.1, -0.05) is 17.7 Å². The number of aromatic hydroxyl groups is 1. The van der Waals surface area contributed by atoms with Crippen LogP contribution >= 0.6 is 11.6 Å². The van der Waals surface area contributed by atoms with Crippen molar-refractivity contribution in [2.24, 2.45) is 5.92 Å². The number of halogens is 1. The number of hydrogen-bond acceptors (Lipinski definition) is 4. The summed E-state index contributed by atoms with van der Waals surface area (Å²) in [5.41, 5.74) is 1.87. The number of phenols is 1. The van der Waals surface area contributed by atoms with Crippen LogP contribution in [0.25, 0.3) is 0 Å². The van der Waals surface area contributed by atoms with Gasteiger partial charge in [-0.25, -0.2) is 0 Å². The SMILES string of the molecule is COc1ccc(C)cc1N1CC(C(=O)Nc2cc(Cl)ccc2O)CC1=O. The lowest BCUT2D eigenvalue weighted by Crippen LogP contribution is -2.28. The molecule has 1 aliphatic rings. The summed E-state index contributed by atoms with van der Waals surface area (Å²) in [6.45, 7) is 2.17. The minimum Gasteiger partial charge on any atom is -0.506 e. The minimum atomic E-state index is -0.536. The third-order valence-electron chi connectivity index (χ3n) is 4.34. The van der Waals surface area contributed by atoms with Gasteiger partial charge in [-0.2, -0.15) is 0 Å². The van der Waals surface area contributed by atoms with Gasteiger partial charge in [-0.15, -0.1) is 0 Å². The maximum Gasteiger partial charge on any atom is 0.229 e. The van der Waals surface area contributed by atoms with Gasteiger partial charge < -0.3 is 20.1 Å². The van der Waals surface area contributed by atoms with E-state index in [0.29, 0.717) is 16.5 Å². The smallest absolute Gasteiger partial charge is 0.229 e. The number of carbonyl (C=O) groups is 2. The Kier molecular flexibility index (Phi) is 5.04. The second-order valence-electron chi connectivity index (χ2n) is 6.23. The van der Waals surface area contributed by atoms with E-state index < -0.39 is 5.92 Å². The summed E-state index contributed by atoms with van der Waals surface area (Å²) in [4.78, 5) is 26.6. The molecule has 0 spiro atoms. The molecule has 0 aliphatic carbocycles. The van der Waals surface area contributed by atoms with Crippen molar-refractivity contribution < 1.29 is 19.4 Å². The first kappa shape index (κ1) is 18.1. The number of benzene rings is 2. The van der Waals surface area contributed by atoms with E-state index in [4.69, 9.17) is 16.3 Å². The monoisotopic (exact) mass is 374 g/mol. The second kappa shape index (κ2) is 7.25. The fraction of sp³-hybridized carbons (Fsp3) is 0.263. The van der Waals surface area contributed by atoms with Crippen LogP contribution in [0.1, 0.15) is 12.0 Å². The summed E-state index contributed by atoms with van der Waals surface area (Å²) in [5, 5.41) is 12.9. The number of ether oxygens (including phenoxy) is 1. The van der Waals surface area contributed by atoms with Gasteiger partial charge >= 0.3 is 0 Å². The van der Waals surface area contributed by atoms with Crippen LogP contribution in [-0.2, 0) is 9.59 Å². The van der Waals surface area contributed by atoms with Gasteiger partial charge in [0.05, 0.1) is 24.4 Å². The molecular weight excluding hydrogens is 356 g/mol. The Labute approximate surface area is 156 Å². The molecule has 26 heavy (non-hydrogen) atoms. The molecule has 2 aromatic carbocycles. The molecule has 2 aromatic rings. The lowest BCUT2D eigenvalue weighted by molar-refractivity contribution is -0.122. The number of nitrogens with zero attached hydrogens (tertiary/aromatic N) is 1. The topological polar surface area (TPSA) is 78.9 Å². The molecule has 3 rings (SSSR count). The van der Waals surface area contributed by atoms with Crippen LogP contribution < -0.4 is 15.0 Å². The van der Waals surface area contributed by atoms with E-state index >= 15 is 0 Å². The van der Waals surface area contributed by atoms with E-state index in [-0.39, 0.29) is 36.2 Å². The quantitative estimate of drug-likeness (QED) is 0.804. The normalized spacial score (nSPS) is 16.7. The highest BCUT2D eigenvalue weighted by Crippen LogP contribution is 2.35. The Morgan fingerprint density at radius 3 is 2.81 bits per heavy atom. The highest BCUT2D eigenvalue weighted by molar-refractivity contribution is 6.31. The van der Waals surface area contributed by atoms with Crippen LogP contribution in [0.4, 0.5) is 11.4 Å². The van der Waals surface area contributed by atoms with Gasteiger partial charge in [-0.05, 0) is 42.8 Å². The van der Waals surface area contributed by atoms with Gasteiger partial charge in [-0.3, -0.25) is 9.59 Å². The maximum atomic E-state index is 12.5. The number of phenolic OH excluding ortho intramolecular Hbond substituents is 1. The Hall–Kier alpha value is -2.73. The van der Waals surface area contributed by atoms with Gasteiger partial charge in [0, 0.05) is 18.0 Å². The molecule has 2 N–H and O–H groups in total. The summed E-state index contributed by atoms with van der Waals surface area (Å²) >= 11 is 5.90. The number of rotatable bonds is 4. The van der Waals surface area contributed by atoms with E-state index in [1.807, 2.05) is 19.1 Å². The molecule has 0 aromatic heterocycles. The fourth-order valence-electron chi connectivity index (χ4n) is 2.97. The van der Waals surface area contributed by atoms with Crippen molar-refractivity contribution >= 4 is 34.8 Å². The Bertz CT molecular complexity index is 869. The number of carbonyl (C=O) groups excluding carboxylic acids is 2. The molecule has 1 heterocycles. The summed E-state index contributed by atoms with van der Waals surface area (Å²) in [7, 11) is 1.54. The predicted octanol–water partition coefficient (Wildman–Crippen LogP) is 3.35. The molecule has 0 saturated carbocycles. The van der Waals surface area contributed by atoms with Crippen molar-refractivity contribution in [1.29, 1.82) is 0 Å². The fourth-order valence-corrected chi connectivity index (χ4v) is 3.14. The molecule has 2 amide bonds. The molecule has 0 radical (unpaired) electrons. The number of nitrogens with one attached hydrogen (secondary N) is 1. The molecule has 1 aliphatic heterocycles. The van der Waals surface area contributed by atoms with Crippen LogP contribution in [0.3, 0.4) is 0 Å². The summed E-state index contributed by atoms with van der Waals surface area (Å²) < 4.78 is 5.34. The first-order valence-electron chi connectivity index (χ1n) is 8.13. The maximum absolute atomic E-state index is 12.5. The number of anilines is 2. The molecule has 1 unspecified atom stereocenters. The average Bonchev–Trinajstić information content (AvgIpc) is 3.00.